The number of benzene rings is 4. The Morgan fingerprint density at radius 2 is 1.32 bits per heavy atom. The van der Waals surface area contributed by atoms with Crippen LogP contribution in [-0.4, -0.2) is 12.6 Å². The summed E-state index contributed by atoms with van der Waals surface area (Å²) in [6, 6.07) is 27.8. The van der Waals surface area contributed by atoms with Gasteiger partial charge < -0.3 is 15.0 Å². The van der Waals surface area contributed by atoms with Gasteiger partial charge in [-0.25, -0.2) is 13.6 Å². The van der Waals surface area contributed by atoms with Crippen LogP contribution < -0.4 is 10.2 Å². The lowest BCUT2D eigenvalue weighted by Gasteiger charge is -2.46. The highest BCUT2D eigenvalue weighted by Crippen LogP contribution is 2.48. The molecule has 2 atom stereocenters. The Labute approximate surface area is 233 Å². The van der Waals surface area contributed by atoms with Crippen LogP contribution in [0.15, 0.2) is 108 Å². The number of carbonyl (C=O) groups excluding carboxylic acids is 1. The average Bonchev–Trinajstić information content (AvgIpc) is 2.95. The Hall–Kier alpha value is -4.45. The summed E-state index contributed by atoms with van der Waals surface area (Å²) in [5.74, 6) is -1.13. The zero-order valence-corrected chi connectivity index (χ0v) is 22.8. The van der Waals surface area contributed by atoms with E-state index in [2.05, 4.69) is 10.2 Å². The molecule has 0 spiro atoms. The number of ether oxygens (including phenoxy) is 1. The number of anilines is 2. The highest BCUT2D eigenvalue weighted by Gasteiger charge is 2.41. The Balaban J connectivity index is 1.77. The number of carbonyl (C=O) groups is 1. The summed E-state index contributed by atoms with van der Waals surface area (Å²) in [6.45, 7) is 6.02. The van der Waals surface area contributed by atoms with Gasteiger partial charge in [-0.05, 0) is 80.4 Å². The predicted octanol–water partition coefficient (Wildman–Crippen LogP) is 8.20. The molecule has 6 heteroatoms. The molecular weight excluding hydrogens is 506 g/mol. The summed E-state index contributed by atoms with van der Waals surface area (Å²) in [7, 11) is 0. The standard InChI is InChI=1S/C34H32F2N2O2/c1-4-40-34(39)32-30(37-28-17-5-22(2)6-18-28)21-31(24-9-13-26(35)14-10-24)38(29-19-7-23(3)8-20-29)33(32)25-11-15-27(36)16-12-25/h5-20,31,33,37H,4,21H2,1-3H3/t31-,33+/m0/s1. The topological polar surface area (TPSA) is 41.6 Å². The molecular formula is C34H32F2N2O2. The maximum atomic E-state index is 14.1. The number of rotatable bonds is 7. The molecule has 4 nitrogen and oxygen atoms in total. The van der Waals surface area contributed by atoms with Crippen molar-refractivity contribution >= 4 is 17.3 Å². The third-order valence-electron chi connectivity index (χ3n) is 7.22. The molecule has 204 valence electrons. The van der Waals surface area contributed by atoms with E-state index in [1.54, 1.807) is 31.2 Å². The van der Waals surface area contributed by atoms with Crippen molar-refractivity contribution in [1.29, 1.82) is 0 Å². The minimum atomic E-state index is -0.612. The Morgan fingerprint density at radius 3 is 1.88 bits per heavy atom. The van der Waals surface area contributed by atoms with Crippen molar-refractivity contribution in [2.24, 2.45) is 0 Å². The van der Waals surface area contributed by atoms with Crippen LogP contribution in [0.3, 0.4) is 0 Å². The summed E-state index contributed by atoms with van der Waals surface area (Å²) < 4.78 is 33.7. The van der Waals surface area contributed by atoms with Gasteiger partial charge in [0.25, 0.3) is 0 Å². The van der Waals surface area contributed by atoms with E-state index in [-0.39, 0.29) is 24.3 Å². The molecule has 0 saturated carbocycles. The highest BCUT2D eigenvalue weighted by molar-refractivity contribution is 5.93. The first-order valence-corrected chi connectivity index (χ1v) is 13.4. The molecule has 40 heavy (non-hydrogen) atoms. The molecule has 0 unspecified atom stereocenters. The number of halogens is 2. The van der Waals surface area contributed by atoms with Gasteiger partial charge in [0.05, 0.1) is 24.3 Å². The molecule has 4 aromatic carbocycles. The molecule has 0 radical (unpaired) electrons. The first kappa shape index (κ1) is 27.1. The first-order valence-electron chi connectivity index (χ1n) is 13.4. The largest absolute Gasteiger partial charge is 0.463 e. The molecule has 4 aromatic rings. The Morgan fingerprint density at radius 1 is 0.800 bits per heavy atom. The van der Waals surface area contributed by atoms with Crippen LogP contribution in [0.2, 0.25) is 0 Å². The van der Waals surface area contributed by atoms with Gasteiger partial charge in [0.2, 0.25) is 0 Å². The highest BCUT2D eigenvalue weighted by atomic mass is 19.1. The van der Waals surface area contributed by atoms with Gasteiger partial charge in [-0.2, -0.15) is 0 Å². The van der Waals surface area contributed by atoms with E-state index in [9.17, 15) is 13.6 Å². The van der Waals surface area contributed by atoms with E-state index in [1.165, 1.54) is 24.3 Å². The van der Waals surface area contributed by atoms with Gasteiger partial charge in [-0.3, -0.25) is 0 Å². The zero-order valence-electron chi connectivity index (χ0n) is 22.8. The molecule has 1 heterocycles. The first-order chi connectivity index (χ1) is 19.3. The SMILES string of the molecule is CCOC(=O)C1=C(Nc2ccc(C)cc2)C[C@@H](c2ccc(F)cc2)N(c2ccc(C)cc2)[C@@H]1c1ccc(F)cc1. The van der Waals surface area contributed by atoms with Crippen LogP contribution in [0.5, 0.6) is 0 Å². The number of nitrogens with one attached hydrogen (secondary N) is 1. The number of aryl methyl sites for hydroxylation is 2. The molecule has 0 amide bonds. The number of hydrogen-bond donors (Lipinski definition) is 1. The van der Waals surface area contributed by atoms with E-state index < -0.39 is 12.0 Å². The van der Waals surface area contributed by atoms with Crippen molar-refractivity contribution in [1.82, 2.24) is 0 Å². The molecule has 0 fully saturated rings. The lowest BCUT2D eigenvalue weighted by atomic mass is 9.84. The van der Waals surface area contributed by atoms with E-state index in [0.717, 1.165) is 33.6 Å². The number of esters is 1. The van der Waals surface area contributed by atoms with Crippen molar-refractivity contribution in [2.45, 2.75) is 39.3 Å². The van der Waals surface area contributed by atoms with E-state index in [4.69, 9.17) is 4.74 Å². The normalized spacial score (nSPS) is 17.1. The van der Waals surface area contributed by atoms with Crippen molar-refractivity contribution in [3.63, 3.8) is 0 Å². The van der Waals surface area contributed by atoms with Crippen LogP contribution in [-0.2, 0) is 9.53 Å². The summed E-state index contributed by atoms with van der Waals surface area (Å²) >= 11 is 0. The van der Waals surface area contributed by atoms with Gasteiger partial charge in [0.15, 0.2) is 0 Å². The quantitative estimate of drug-likeness (QED) is 0.241. The van der Waals surface area contributed by atoms with Crippen molar-refractivity contribution in [2.75, 3.05) is 16.8 Å². The van der Waals surface area contributed by atoms with E-state index >= 15 is 0 Å². The zero-order chi connectivity index (χ0) is 28.2. The lowest BCUT2D eigenvalue weighted by molar-refractivity contribution is -0.139. The van der Waals surface area contributed by atoms with Crippen LogP contribution in [0, 0.1) is 25.5 Å². The second-order valence-electron chi connectivity index (χ2n) is 10.1. The molecule has 0 aromatic heterocycles. The molecule has 1 N–H and O–H groups in total. The monoisotopic (exact) mass is 538 g/mol. The maximum absolute atomic E-state index is 14.1. The third kappa shape index (κ3) is 5.76. The van der Waals surface area contributed by atoms with E-state index in [0.29, 0.717) is 17.7 Å². The molecule has 0 saturated heterocycles. The summed E-state index contributed by atoms with van der Waals surface area (Å²) in [4.78, 5) is 15.9. The van der Waals surface area contributed by atoms with E-state index in [1.807, 2.05) is 62.4 Å². The minimum Gasteiger partial charge on any atom is -0.463 e. The smallest absolute Gasteiger partial charge is 0.338 e. The molecule has 5 rings (SSSR count). The molecule has 0 aliphatic carbocycles. The summed E-state index contributed by atoms with van der Waals surface area (Å²) in [6.07, 6.45) is 0.430. The maximum Gasteiger partial charge on any atom is 0.338 e. The fraction of sp³-hybridized carbons (Fsp3) is 0.206. The molecule has 1 aliphatic rings. The number of nitrogens with zero attached hydrogens (tertiary/aromatic N) is 1. The number of hydrogen-bond acceptors (Lipinski definition) is 4. The van der Waals surface area contributed by atoms with Crippen LogP contribution in [0.1, 0.15) is 47.7 Å². The molecule has 0 bridgehead atoms. The summed E-state index contributed by atoms with van der Waals surface area (Å²) in [5, 5.41) is 3.50. The van der Waals surface area contributed by atoms with Gasteiger partial charge in [0, 0.05) is 23.5 Å². The van der Waals surface area contributed by atoms with Gasteiger partial charge in [-0.1, -0.05) is 59.7 Å². The fourth-order valence-corrected chi connectivity index (χ4v) is 5.24. The second-order valence-corrected chi connectivity index (χ2v) is 10.1. The van der Waals surface area contributed by atoms with Gasteiger partial charge >= 0.3 is 5.97 Å². The third-order valence-corrected chi connectivity index (χ3v) is 7.22. The van der Waals surface area contributed by atoms with Crippen molar-refractivity contribution in [3.05, 3.63) is 142 Å². The second kappa shape index (κ2) is 11.7. The van der Waals surface area contributed by atoms with Crippen molar-refractivity contribution in [3.8, 4) is 0 Å². The van der Waals surface area contributed by atoms with Gasteiger partial charge in [0.1, 0.15) is 11.6 Å². The van der Waals surface area contributed by atoms with Crippen LogP contribution in [0.4, 0.5) is 20.2 Å². The lowest BCUT2D eigenvalue weighted by Crippen LogP contribution is -2.41. The minimum absolute atomic E-state index is 0.211. The average molecular weight is 539 g/mol. The van der Waals surface area contributed by atoms with Crippen molar-refractivity contribution < 1.29 is 18.3 Å². The van der Waals surface area contributed by atoms with Crippen LogP contribution >= 0.6 is 0 Å². The Bertz CT molecular complexity index is 1500. The summed E-state index contributed by atoms with van der Waals surface area (Å²) in [5.41, 5.74) is 6.71. The Kier molecular flexibility index (Phi) is 7.96. The van der Waals surface area contributed by atoms with Crippen LogP contribution in [0.25, 0.3) is 0 Å². The predicted molar refractivity (Wildman–Crippen MR) is 155 cm³/mol. The molecule has 1 aliphatic heterocycles. The van der Waals surface area contributed by atoms with Gasteiger partial charge in [-0.15, -0.1) is 0 Å². The fourth-order valence-electron chi connectivity index (χ4n) is 5.24.